The lowest BCUT2D eigenvalue weighted by atomic mass is 10.0. The molecule has 1 aromatic rings. The van der Waals surface area contributed by atoms with Crippen LogP contribution in [0.25, 0.3) is 0 Å². The largest absolute Gasteiger partial charge is 0.481 e. The number of nitrogens with zero attached hydrogens (tertiary/aromatic N) is 2. The fourth-order valence-corrected chi connectivity index (χ4v) is 2.96. The molecule has 1 atom stereocenters. The van der Waals surface area contributed by atoms with E-state index >= 15 is 0 Å². The molecule has 10 heteroatoms. The van der Waals surface area contributed by atoms with Crippen LogP contribution in [-0.4, -0.2) is 68.8 Å². The lowest BCUT2D eigenvalue weighted by molar-refractivity contribution is -0.152. The average Bonchev–Trinajstić information content (AvgIpc) is 2.82. The van der Waals surface area contributed by atoms with Crippen LogP contribution in [0.2, 0.25) is 0 Å². The number of carbonyl (C=O) groups excluding carboxylic acids is 4. The summed E-state index contributed by atoms with van der Waals surface area (Å²) in [6.07, 6.45) is 0.118. The number of aliphatic hydroxyl groups is 1. The Kier molecular flexibility index (Phi) is 5.91. The van der Waals surface area contributed by atoms with Crippen molar-refractivity contribution in [2.75, 3.05) is 18.9 Å². The van der Waals surface area contributed by atoms with Gasteiger partial charge in [-0.1, -0.05) is 0 Å². The number of imide groups is 2. The summed E-state index contributed by atoms with van der Waals surface area (Å²) in [7, 11) is 0. The van der Waals surface area contributed by atoms with Gasteiger partial charge in [0.2, 0.25) is 5.91 Å². The van der Waals surface area contributed by atoms with E-state index in [1.54, 1.807) is 0 Å². The minimum atomic E-state index is -1.03. The number of nitrogen functional groups attached to an aromatic ring is 1. The number of carbonyl (C=O) groups is 5. The summed E-state index contributed by atoms with van der Waals surface area (Å²) >= 11 is 0. The highest BCUT2D eigenvalue weighted by atomic mass is 16.4. The monoisotopic (exact) mass is 377 g/mol. The van der Waals surface area contributed by atoms with Gasteiger partial charge in [-0.25, -0.2) is 0 Å². The highest BCUT2D eigenvalue weighted by molar-refractivity contribution is 6.23. The molecule has 3 rings (SSSR count). The van der Waals surface area contributed by atoms with Gasteiger partial charge in [0.1, 0.15) is 6.04 Å². The van der Waals surface area contributed by atoms with Crippen molar-refractivity contribution in [1.29, 1.82) is 0 Å². The number of piperidine rings is 1. The number of benzene rings is 1. The molecule has 4 amide bonds. The second kappa shape index (κ2) is 7.96. The van der Waals surface area contributed by atoms with E-state index < -0.39 is 35.6 Å². The molecule has 27 heavy (non-hydrogen) atoms. The van der Waals surface area contributed by atoms with E-state index in [0.29, 0.717) is 5.69 Å². The van der Waals surface area contributed by atoms with E-state index in [4.69, 9.17) is 20.7 Å². The van der Waals surface area contributed by atoms with Crippen LogP contribution in [0.1, 0.15) is 40.5 Å². The van der Waals surface area contributed by atoms with Crippen LogP contribution >= 0.6 is 0 Å². The molecule has 1 unspecified atom stereocenters. The molecular formula is C17H19N3O7. The molecule has 2 aliphatic rings. The fourth-order valence-electron chi connectivity index (χ4n) is 2.96. The fraction of sp³-hybridized carbons (Fsp3) is 0.353. The molecule has 0 aliphatic carbocycles. The number of fused-ring (bicyclic) bond motifs is 1. The maximum atomic E-state index is 12.5. The first-order chi connectivity index (χ1) is 12.7. The third-order valence-electron chi connectivity index (χ3n) is 4.06. The third-order valence-corrected chi connectivity index (χ3v) is 4.06. The molecule has 144 valence electrons. The van der Waals surface area contributed by atoms with Crippen LogP contribution in [0, 0.1) is 0 Å². The first kappa shape index (κ1) is 20.0. The molecule has 0 saturated carbocycles. The number of likely N-dealkylation sites (tertiary alicyclic amines) is 1. The molecule has 0 aromatic heterocycles. The van der Waals surface area contributed by atoms with Crippen molar-refractivity contribution < 1.29 is 34.2 Å². The number of hydrogen-bond donors (Lipinski definition) is 3. The van der Waals surface area contributed by atoms with Gasteiger partial charge in [0.25, 0.3) is 23.7 Å². The SMILES string of the molecule is CC(=O)O.Nc1ccc2c(c1)C(=O)N(C1CCC(=O)N(CCO)C1=O)C2=O. The zero-order chi connectivity index (χ0) is 20.3. The topological polar surface area (TPSA) is 158 Å². The molecular weight excluding hydrogens is 358 g/mol. The summed E-state index contributed by atoms with van der Waals surface area (Å²) in [6.45, 7) is 0.563. The Hall–Kier alpha value is -3.27. The lowest BCUT2D eigenvalue weighted by Crippen LogP contribution is -2.56. The Morgan fingerprint density at radius 2 is 1.78 bits per heavy atom. The van der Waals surface area contributed by atoms with Crippen LogP contribution < -0.4 is 5.73 Å². The zero-order valence-electron chi connectivity index (χ0n) is 14.5. The number of amides is 4. The first-order valence-corrected chi connectivity index (χ1v) is 8.11. The second-order valence-electron chi connectivity index (χ2n) is 5.97. The van der Waals surface area contributed by atoms with Crippen molar-refractivity contribution in [2.24, 2.45) is 0 Å². The number of anilines is 1. The number of aliphatic carboxylic acids is 1. The number of hydrogen-bond acceptors (Lipinski definition) is 7. The van der Waals surface area contributed by atoms with E-state index in [-0.39, 0.29) is 37.1 Å². The predicted octanol–water partition coefficient (Wildman–Crippen LogP) is -0.534. The summed E-state index contributed by atoms with van der Waals surface area (Å²) in [4.78, 5) is 60.0. The molecule has 4 N–H and O–H groups in total. The normalized spacial score (nSPS) is 19.0. The molecule has 0 bridgehead atoms. The number of carboxylic acid groups (broad SMARTS) is 1. The Morgan fingerprint density at radius 1 is 1.19 bits per heavy atom. The van der Waals surface area contributed by atoms with Crippen molar-refractivity contribution in [2.45, 2.75) is 25.8 Å². The van der Waals surface area contributed by atoms with E-state index in [1.165, 1.54) is 18.2 Å². The Bertz CT molecular complexity index is 817. The molecule has 1 saturated heterocycles. The van der Waals surface area contributed by atoms with Gasteiger partial charge in [0.15, 0.2) is 0 Å². The quantitative estimate of drug-likeness (QED) is 0.468. The summed E-state index contributed by atoms with van der Waals surface area (Å²) in [5, 5.41) is 16.4. The van der Waals surface area contributed by atoms with E-state index in [1.807, 2.05) is 0 Å². The third kappa shape index (κ3) is 3.95. The van der Waals surface area contributed by atoms with E-state index in [2.05, 4.69) is 0 Å². The van der Waals surface area contributed by atoms with Gasteiger partial charge in [-0.15, -0.1) is 0 Å². The zero-order valence-corrected chi connectivity index (χ0v) is 14.5. The predicted molar refractivity (Wildman–Crippen MR) is 91.5 cm³/mol. The van der Waals surface area contributed by atoms with Gasteiger partial charge in [-0.3, -0.25) is 33.8 Å². The number of carboxylic acids is 1. The smallest absolute Gasteiger partial charge is 0.300 e. The van der Waals surface area contributed by atoms with Crippen LogP contribution in [0.3, 0.4) is 0 Å². The Morgan fingerprint density at radius 3 is 2.37 bits per heavy atom. The van der Waals surface area contributed by atoms with E-state index in [9.17, 15) is 19.2 Å². The maximum absolute atomic E-state index is 12.5. The van der Waals surface area contributed by atoms with Gasteiger partial charge >= 0.3 is 0 Å². The summed E-state index contributed by atoms with van der Waals surface area (Å²) < 4.78 is 0. The van der Waals surface area contributed by atoms with Gasteiger partial charge in [0.05, 0.1) is 24.3 Å². The van der Waals surface area contributed by atoms with Gasteiger partial charge in [-0.05, 0) is 24.6 Å². The number of rotatable bonds is 3. The van der Waals surface area contributed by atoms with Crippen LogP contribution in [0.5, 0.6) is 0 Å². The summed E-state index contributed by atoms with van der Waals surface area (Å²) in [5.41, 5.74) is 6.34. The van der Waals surface area contributed by atoms with Gasteiger partial charge in [-0.2, -0.15) is 0 Å². The summed E-state index contributed by atoms with van der Waals surface area (Å²) in [6, 6.07) is 3.33. The number of aliphatic hydroxyl groups excluding tert-OH is 1. The van der Waals surface area contributed by atoms with Crippen molar-refractivity contribution in [1.82, 2.24) is 9.80 Å². The molecule has 2 heterocycles. The first-order valence-electron chi connectivity index (χ1n) is 8.11. The molecule has 10 nitrogen and oxygen atoms in total. The Labute approximate surface area is 154 Å². The van der Waals surface area contributed by atoms with Gasteiger partial charge in [0, 0.05) is 19.0 Å². The number of β-amino-alcohol motifs (C(OH)–C–C–N with tert-alkyl or cyclic N) is 1. The van der Waals surface area contributed by atoms with Crippen molar-refractivity contribution in [3.8, 4) is 0 Å². The highest BCUT2D eigenvalue weighted by Gasteiger charge is 2.46. The van der Waals surface area contributed by atoms with Crippen LogP contribution in [0.15, 0.2) is 18.2 Å². The standard InChI is InChI=1S/C15H15N3O5.C2H4O2/c16-8-1-2-9-10(7-8)14(22)18(13(9)21)11-3-4-12(20)17(5-6-19)15(11)23;1-2(3)4/h1-2,7,11,19H,3-6,16H2;1H3,(H,3,4). The minimum Gasteiger partial charge on any atom is -0.481 e. The molecule has 2 aliphatic heterocycles. The minimum absolute atomic E-state index is 0.0337. The highest BCUT2D eigenvalue weighted by Crippen LogP contribution is 2.30. The van der Waals surface area contributed by atoms with Crippen molar-refractivity contribution >= 4 is 35.3 Å². The maximum Gasteiger partial charge on any atom is 0.300 e. The van der Waals surface area contributed by atoms with Crippen molar-refractivity contribution in [3.63, 3.8) is 0 Å². The lowest BCUT2D eigenvalue weighted by Gasteiger charge is -2.34. The van der Waals surface area contributed by atoms with Gasteiger partial charge < -0.3 is 15.9 Å². The second-order valence-corrected chi connectivity index (χ2v) is 5.97. The number of nitrogens with two attached hydrogens (primary N) is 1. The molecule has 1 fully saturated rings. The molecule has 0 radical (unpaired) electrons. The molecule has 0 spiro atoms. The Balaban J connectivity index is 0.000000596. The van der Waals surface area contributed by atoms with Crippen LogP contribution in [0.4, 0.5) is 5.69 Å². The van der Waals surface area contributed by atoms with Crippen molar-refractivity contribution in [3.05, 3.63) is 29.3 Å². The van der Waals surface area contributed by atoms with E-state index in [0.717, 1.165) is 16.7 Å². The summed E-state index contributed by atoms with van der Waals surface area (Å²) in [5.74, 6) is -3.05. The average molecular weight is 377 g/mol. The van der Waals surface area contributed by atoms with Crippen LogP contribution in [-0.2, 0) is 14.4 Å². The molecule has 1 aromatic carbocycles.